The van der Waals surface area contributed by atoms with E-state index >= 15 is 0 Å². The van der Waals surface area contributed by atoms with Crippen LogP contribution in [0, 0.1) is 6.92 Å². The molecule has 4 heteroatoms. The number of rotatable bonds is 6. The van der Waals surface area contributed by atoms with Crippen molar-refractivity contribution in [3.8, 4) is 5.75 Å². The second-order valence-corrected chi connectivity index (χ2v) is 5.47. The van der Waals surface area contributed by atoms with Crippen molar-refractivity contribution >= 4 is 0 Å². The molecule has 106 valence electrons. The second-order valence-electron chi connectivity index (χ2n) is 5.47. The minimum absolute atomic E-state index is 0.209. The standard InChI is InChI=1S/C15H24N2O2/c1-11(2)16-9-14-6-7-15(19-14)10-18-13-5-4-12(3)17-8-13/h4-5,8,11,14-16H,6-7,9-10H2,1-3H3. The number of pyridine rings is 1. The fraction of sp³-hybridized carbons (Fsp3) is 0.667. The molecule has 0 aliphatic carbocycles. The average Bonchev–Trinajstić information content (AvgIpc) is 2.84. The van der Waals surface area contributed by atoms with Gasteiger partial charge in [0.25, 0.3) is 0 Å². The Morgan fingerprint density at radius 2 is 2.16 bits per heavy atom. The van der Waals surface area contributed by atoms with Crippen LogP contribution < -0.4 is 10.1 Å². The third kappa shape index (κ3) is 4.80. The molecule has 0 radical (unpaired) electrons. The van der Waals surface area contributed by atoms with Gasteiger partial charge < -0.3 is 14.8 Å². The summed E-state index contributed by atoms with van der Waals surface area (Å²) < 4.78 is 11.7. The number of aromatic nitrogens is 1. The van der Waals surface area contributed by atoms with Crippen molar-refractivity contribution < 1.29 is 9.47 Å². The zero-order chi connectivity index (χ0) is 13.7. The second kappa shape index (κ2) is 6.87. The summed E-state index contributed by atoms with van der Waals surface area (Å²) in [5.74, 6) is 0.818. The van der Waals surface area contributed by atoms with Crippen molar-refractivity contribution in [1.82, 2.24) is 10.3 Å². The molecule has 1 aliphatic rings. The molecule has 1 aliphatic heterocycles. The van der Waals surface area contributed by atoms with Crippen LogP contribution in [0.15, 0.2) is 18.3 Å². The molecule has 0 spiro atoms. The van der Waals surface area contributed by atoms with Gasteiger partial charge in [-0.15, -0.1) is 0 Å². The highest BCUT2D eigenvalue weighted by Gasteiger charge is 2.25. The lowest BCUT2D eigenvalue weighted by molar-refractivity contribution is 0.0178. The molecule has 0 aromatic carbocycles. The Hall–Kier alpha value is -1.13. The van der Waals surface area contributed by atoms with Gasteiger partial charge in [0, 0.05) is 18.3 Å². The summed E-state index contributed by atoms with van der Waals surface area (Å²) >= 11 is 0. The Labute approximate surface area is 115 Å². The third-order valence-electron chi connectivity index (χ3n) is 3.27. The van der Waals surface area contributed by atoms with E-state index in [-0.39, 0.29) is 6.10 Å². The zero-order valence-electron chi connectivity index (χ0n) is 12.1. The highest BCUT2D eigenvalue weighted by molar-refractivity contribution is 5.19. The van der Waals surface area contributed by atoms with Gasteiger partial charge in [0.2, 0.25) is 0 Å². The number of hydrogen-bond donors (Lipinski definition) is 1. The molecular weight excluding hydrogens is 240 g/mol. The van der Waals surface area contributed by atoms with E-state index in [4.69, 9.17) is 9.47 Å². The van der Waals surface area contributed by atoms with Crippen LogP contribution in [0.5, 0.6) is 5.75 Å². The van der Waals surface area contributed by atoms with Gasteiger partial charge in [-0.1, -0.05) is 13.8 Å². The van der Waals surface area contributed by atoms with Crippen molar-refractivity contribution in [2.45, 2.75) is 51.9 Å². The normalized spacial score (nSPS) is 22.9. The van der Waals surface area contributed by atoms with Crippen LogP contribution in [0.4, 0.5) is 0 Å². The van der Waals surface area contributed by atoms with Crippen molar-refractivity contribution in [1.29, 1.82) is 0 Å². The molecule has 1 fully saturated rings. The molecule has 2 heterocycles. The molecule has 0 amide bonds. The van der Waals surface area contributed by atoms with E-state index in [1.807, 2.05) is 19.1 Å². The first-order valence-electron chi connectivity index (χ1n) is 7.08. The fourth-order valence-corrected chi connectivity index (χ4v) is 2.15. The van der Waals surface area contributed by atoms with Crippen molar-refractivity contribution in [3.63, 3.8) is 0 Å². The topological polar surface area (TPSA) is 43.4 Å². The fourth-order valence-electron chi connectivity index (χ4n) is 2.15. The highest BCUT2D eigenvalue weighted by atomic mass is 16.5. The van der Waals surface area contributed by atoms with Crippen LogP contribution in [-0.4, -0.2) is 36.4 Å². The SMILES string of the molecule is Cc1ccc(OCC2CCC(CNC(C)C)O2)cn1. The molecule has 1 saturated heterocycles. The Morgan fingerprint density at radius 1 is 1.37 bits per heavy atom. The van der Waals surface area contributed by atoms with Gasteiger partial charge in [0.05, 0.1) is 18.4 Å². The quantitative estimate of drug-likeness (QED) is 0.856. The Kier molecular flexibility index (Phi) is 5.16. The van der Waals surface area contributed by atoms with Crippen LogP contribution in [0.25, 0.3) is 0 Å². The first-order chi connectivity index (χ1) is 9.13. The maximum Gasteiger partial charge on any atom is 0.137 e. The van der Waals surface area contributed by atoms with Gasteiger partial charge in [-0.3, -0.25) is 4.98 Å². The van der Waals surface area contributed by atoms with Crippen LogP contribution in [0.3, 0.4) is 0 Å². The van der Waals surface area contributed by atoms with E-state index < -0.39 is 0 Å². The van der Waals surface area contributed by atoms with Gasteiger partial charge in [0.1, 0.15) is 12.4 Å². The number of ether oxygens (including phenoxy) is 2. The average molecular weight is 264 g/mol. The van der Waals surface area contributed by atoms with Crippen LogP contribution in [0.1, 0.15) is 32.4 Å². The maximum atomic E-state index is 5.95. The van der Waals surface area contributed by atoms with E-state index in [1.165, 1.54) is 0 Å². The molecule has 2 rings (SSSR count). The molecular formula is C15H24N2O2. The lowest BCUT2D eigenvalue weighted by Crippen LogP contribution is -2.32. The molecule has 19 heavy (non-hydrogen) atoms. The summed E-state index contributed by atoms with van der Waals surface area (Å²) in [5, 5.41) is 3.41. The lowest BCUT2D eigenvalue weighted by atomic mass is 10.2. The minimum Gasteiger partial charge on any atom is -0.489 e. The Balaban J connectivity index is 1.69. The van der Waals surface area contributed by atoms with E-state index in [9.17, 15) is 0 Å². The summed E-state index contributed by atoms with van der Waals surface area (Å²) in [7, 11) is 0. The van der Waals surface area contributed by atoms with E-state index in [1.54, 1.807) is 6.20 Å². The molecule has 1 aromatic rings. The summed E-state index contributed by atoms with van der Waals surface area (Å²) in [6.07, 6.45) is 4.48. The lowest BCUT2D eigenvalue weighted by Gasteiger charge is -2.16. The van der Waals surface area contributed by atoms with Crippen LogP contribution >= 0.6 is 0 Å². The van der Waals surface area contributed by atoms with Crippen LogP contribution in [0.2, 0.25) is 0 Å². The Bertz CT molecular complexity index is 378. The molecule has 1 aromatic heterocycles. The summed E-state index contributed by atoms with van der Waals surface area (Å²) in [6.45, 7) is 7.82. The van der Waals surface area contributed by atoms with Gasteiger partial charge in [-0.05, 0) is 31.9 Å². The molecule has 2 unspecified atom stereocenters. The smallest absolute Gasteiger partial charge is 0.137 e. The Morgan fingerprint density at radius 3 is 2.84 bits per heavy atom. The predicted molar refractivity (Wildman–Crippen MR) is 75.5 cm³/mol. The first kappa shape index (κ1) is 14.3. The summed E-state index contributed by atoms with van der Waals surface area (Å²) in [6, 6.07) is 4.42. The van der Waals surface area contributed by atoms with E-state index in [0.717, 1.165) is 30.8 Å². The minimum atomic E-state index is 0.209. The van der Waals surface area contributed by atoms with E-state index in [2.05, 4.69) is 24.1 Å². The predicted octanol–water partition coefficient (Wildman–Crippen LogP) is 2.31. The molecule has 0 saturated carbocycles. The first-order valence-corrected chi connectivity index (χ1v) is 7.08. The van der Waals surface area contributed by atoms with Gasteiger partial charge in [0.15, 0.2) is 0 Å². The number of nitrogens with zero attached hydrogens (tertiary/aromatic N) is 1. The molecule has 2 atom stereocenters. The van der Waals surface area contributed by atoms with Gasteiger partial charge in [-0.25, -0.2) is 0 Å². The maximum absolute atomic E-state index is 5.95. The molecule has 4 nitrogen and oxygen atoms in total. The van der Waals surface area contributed by atoms with Crippen molar-refractivity contribution in [3.05, 3.63) is 24.0 Å². The molecule has 0 bridgehead atoms. The highest BCUT2D eigenvalue weighted by Crippen LogP contribution is 2.20. The zero-order valence-corrected chi connectivity index (χ0v) is 12.1. The molecule has 1 N–H and O–H groups in total. The monoisotopic (exact) mass is 264 g/mol. The number of hydrogen-bond acceptors (Lipinski definition) is 4. The van der Waals surface area contributed by atoms with Crippen molar-refractivity contribution in [2.24, 2.45) is 0 Å². The number of nitrogens with one attached hydrogen (secondary N) is 1. The summed E-state index contributed by atoms with van der Waals surface area (Å²) in [4.78, 5) is 4.21. The third-order valence-corrected chi connectivity index (χ3v) is 3.27. The van der Waals surface area contributed by atoms with E-state index in [0.29, 0.717) is 18.8 Å². The number of aryl methyl sites for hydroxylation is 1. The van der Waals surface area contributed by atoms with Gasteiger partial charge in [-0.2, -0.15) is 0 Å². The summed E-state index contributed by atoms with van der Waals surface area (Å²) in [5.41, 5.74) is 1.00. The van der Waals surface area contributed by atoms with Gasteiger partial charge >= 0.3 is 0 Å². The largest absolute Gasteiger partial charge is 0.489 e. The van der Waals surface area contributed by atoms with Crippen molar-refractivity contribution in [2.75, 3.05) is 13.2 Å². The van der Waals surface area contributed by atoms with Crippen LogP contribution in [-0.2, 0) is 4.74 Å².